The molecule has 0 aliphatic rings. The average molecular weight is 487 g/mol. The van der Waals surface area contributed by atoms with Crippen LogP contribution < -0.4 is 15.8 Å². The Morgan fingerprint density at radius 3 is 2.40 bits per heavy atom. The predicted octanol–water partition coefficient (Wildman–Crippen LogP) is 5.58. The Morgan fingerprint density at radius 2 is 1.69 bits per heavy atom. The average Bonchev–Trinajstić information content (AvgIpc) is 2.87. The molecular weight excluding hydrogens is 456 g/mol. The fourth-order valence-electron chi connectivity index (χ4n) is 4.07. The summed E-state index contributed by atoms with van der Waals surface area (Å²) in [6, 6.07) is 21.0. The number of thioether (sulfide) groups is 1. The van der Waals surface area contributed by atoms with Gasteiger partial charge in [-0.05, 0) is 81.3 Å². The maximum absolute atomic E-state index is 13.5. The van der Waals surface area contributed by atoms with Crippen molar-refractivity contribution in [1.82, 2.24) is 9.55 Å². The highest BCUT2D eigenvalue weighted by Crippen LogP contribution is 2.25. The van der Waals surface area contributed by atoms with Gasteiger partial charge in [-0.3, -0.25) is 14.2 Å². The quantitative estimate of drug-likeness (QED) is 0.260. The van der Waals surface area contributed by atoms with Crippen molar-refractivity contribution in [1.29, 1.82) is 0 Å². The van der Waals surface area contributed by atoms with E-state index in [9.17, 15) is 9.59 Å². The lowest BCUT2D eigenvalue weighted by atomic mass is 10.1. The molecule has 0 saturated carbocycles. The van der Waals surface area contributed by atoms with Crippen LogP contribution in [0.15, 0.2) is 76.7 Å². The van der Waals surface area contributed by atoms with Crippen LogP contribution in [0.2, 0.25) is 0 Å². The Kier molecular flexibility index (Phi) is 7.56. The number of para-hydroxylation sites is 1. The van der Waals surface area contributed by atoms with Crippen LogP contribution in [0.1, 0.15) is 25.0 Å². The fourth-order valence-corrected chi connectivity index (χ4v) is 4.88. The molecule has 180 valence electrons. The number of carbonyl (C=O) groups excluding carboxylic acids is 1. The largest absolute Gasteiger partial charge is 0.372 e. The van der Waals surface area contributed by atoms with Gasteiger partial charge in [0.25, 0.3) is 5.56 Å². The molecule has 0 fully saturated rings. The maximum atomic E-state index is 13.5. The van der Waals surface area contributed by atoms with Crippen molar-refractivity contribution in [3.8, 4) is 5.69 Å². The summed E-state index contributed by atoms with van der Waals surface area (Å²) < 4.78 is 1.63. The van der Waals surface area contributed by atoms with Gasteiger partial charge in [0.2, 0.25) is 5.91 Å². The van der Waals surface area contributed by atoms with Crippen molar-refractivity contribution in [2.75, 3.05) is 29.1 Å². The number of aryl methyl sites for hydroxylation is 1. The third-order valence-electron chi connectivity index (χ3n) is 6.17. The number of benzene rings is 3. The van der Waals surface area contributed by atoms with Crippen molar-refractivity contribution in [2.24, 2.45) is 0 Å². The van der Waals surface area contributed by atoms with Gasteiger partial charge >= 0.3 is 0 Å². The van der Waals surface area contributed by atoms with Crippen LogP contribution in [0.25, 0.3) is 16.6 Å². The molecule has 0 unspecified atom stereocenters. The molecule has 0 radical (unpaired) electrons. The summed E-state index contributed by atoms with van der Waals surface area (Å²) in [7, 11) is 0. The summed E-state index contributed by atoms with van der Waals surface area (Å²) in [5, 5.41) is 4.00. The van der Waals surface area contributed by atoms with Gasteiger partial charge in [0.1, 0.15) is 0 Å². The van der Waals surface area contributed by atoms with E-state index < -0.39 is 0 Å². The Labute approximate surface area is 210 Å². The van der Waals surface area contributed by atoms with Gasteiger partial charge in [-0.25, -0.2) is 4.98 Å². The molecule has 1 amide bonds. The number of rotatable bonds is 8. The van der Waals surface area contributed by atoms with Crippen LogP contribution in [-0.2, 0) is 4.79 Å². The predicted molar refractivity (Wildman–Crippen MR) is 146 cm³/mol. The number of anilines is 2. The Balaban J connectivity index is 1.60. The highest BCUT2D eigenvalue weighted by molar-refractivity contribution is 7.99. The van der Waals surface area contributed by atoms with E-state index in [2.05, 4.69) is 24.1 Å². The topological polar surface area (TPSA) is 67.2 Å². The van der Waals surface area contributed by atoms with E-state index in [1.807, 2.05) is 74.5 Å². The molecule has 0 atom stereocenters. The number of aromatic nitrogens is 2. The number of nitrogens with zero attached hydrogens (tertiary/aromatic N) is 3. The third-order valence-corrected chi connectivity index (χ3v) is 7.11. The minimum atomic E-state index is -0.152. The van der Waals surface area contributed by atoms with Gasteiger partial charge in [-0.1, -0.05) is 36.0 Å². The molecule has 4 aromatic rings. The summed E-state index contributed by atoms with van der Waals surface area (Å²) >= 11 is 1.26. The van der Waals surface area contributed by atoms with E-state index in [0.29, 0.717) is 16.1 Å². The van der Waals surface area contributed by atoms with Gasteiger partial charge in [0.05, 0.1) is 22.3 Å². The van der Waals surface area contributed by atoms with Crippen LogP contribution >= 0.6 is 11.8 Å². The molecule has 0 saturated heterocycles. The van der Waals surface area contributed by atoms with E-state index >= 15 is 0 Å². The van der Waals surface area contributed by atoms with Crippen molar-refractivity contribution < 1.29 is 4.79 Å². The Bertz CT molecular complexity index is 1410. The van der Waals surface area contributed by atoms with Gasteiger partial charge in [-0.2, -0.15) is 0 Å². The highest BCUT2D eigenvalue weighted by atomic mass is 32.2. The van der Waals surface area contributed by atoms with E-state index in [-0.39, 0.29) is 17.2 Å². The molecule has 3 aromatic carbocycles. The molecular formula is C28H30N4O2S. The van der Waals surface area contributed by atoms with Crippen LogP contribution in [0.5, 0.6) is 0 Å². The molecule has 4 rings (SSSR count). The molecule has 1 heterocycles. The first-order valence-corrected chi connectivity index (χ1v) is 12.8. The summed E-state index contributed by atoms with van der Waals surface area (Å²) in [5.41, 5.74) is 5.22. The zero-order valence-corrected chi connectivity index (χ0v) is 21.4. The van der Waals surface area contributed by atoms with E-state index in [1.54, 1.807) is 10.6 Å². The zero-order valence-electron chi connectivity index (χ0n) is 20.5. The lowest BCUT2D eigenvalue weighted by Gasteiger charge is -2.21. The fraction of sp³-hybridized carbons (Fsp3) is 0.250. The van der Waals surface area contributed by atoms with Crippen LogP contribution in [0, 0.1) is 13.8 Å². The molecule has 0 spiro atoms. The summed E-state index contributed by atoms with van der Waals surface area (Å²) in [6.07, 6.45) is 0. The van der Waals surface area contributed by atoms with Gasteiger partial charge < -0.3 is 10.2 Å². The Morgan fingerprint density at radius 1 is 0.971 bits per heavy atom. The number of hydrogen-bond donors (Lipinski definition) is 1. The minimum Gasteiger partial charge on any atom is -0.372 e. The van der Waals surface area contributed by atoms with Crippen molar-refractivity contribution in [3.05, 3.63) is 88.2 Å². The van der Waals surface area contributed by atoms with E-state index in [1.165, 1.54) is 11.8 Å². The molecule has 0 aliphatic carbocycles. The second-order valence-electron chi connectivity index (χ2n) is 8.33. The number of nitrogens with one attached hydrogen (secondary N) is 1. The second kappa shape index (κ2) is 10.8. The monoisotopic (exact) mass is 486 g/mol. The van der Waals surface area contributed by atoms with Gasteiger partial charge in [0.15, 0.2) is 5.16 Å². The Hall–Kier alpha value is -3.58. The van der Waals surface area contributed by atoms with E-state index in [0.717, 1.165) is 41.3 Å². The summed E-state index contributed by atoms with van der Waals surface area (Å²) in [5.74, 6) is -0.0199. The first-order chi connectivity index (χ1) is 16.9. The third kappa shape index (κ3) is 5.25. The molecule has 1 aromatic heterocycles. The number of fused-ring (bicyclic) bond motifs is 1. The van der Waals surface area contributed by atoms with Crippen LogP contribution in [0.4, 0.5) is 11.4 Å². The lowest BCUT2D eigenvalue weighted by molar-refractivity contribution is -0.113. The van der Waals surface area contributed by atoms with Crippen LogP contribution in [0.3, 0.4) is 0 Å². The number of hydrogen-bond acceptors (Lipinski definition) is 5. The normalized spacial score (nSPS) is 11.0. The minimum absolute atomic E-state index is 0.132. The number of amides is 1. The molecule has 35 heavy (non-hydrogen) atoms. The van der Waals surface area contributed by atoms with Crippen LogP contribution in [-0.4, -0.2) is 34.3 Å². The molecule has 0 aliphatic heterocycles. The van der Waals surface area contributed by atoms with Crippen molar-refractivity contribution in [3.63, 3.8) is 0 Å². The standard InChI is InChI=1S/C28H30N4O2S/c1-5-31(6-2)22-16-14-21(15-17-22)29-26(33)18-35-28-30-24-12-8-7-11-23(24)27(34)32(28)25-13-9-10-19(3)20(25)4/h7-17H,5-6,18H2,1-4H3,(H,29,33). The molecule has 6 nitrogen and oxygen atoms in total. The van der Waals surface area contributed by atoms with Crippen molar-refractivity contribution in [2.45, 2.75) is 32.9 Å². The lowest BCUT2D eigenvalue weighted by Crippen LogP contribution is -2.24. The smallest absolute Gasteiger partial charge is 0.266 e. The van der Waals surface area contributed by atoms with Gasteiger partial charge in [0, 0.05) is 24.5 Å². The molecule has 7 heteroatoms. The summed E-state index contributed by atoms with van der Waals surface area (Å²) in [4.78, 5) is 33.3. The van der Waals surface area contributed by atoms with Gasteiger partial charge in [-0.15, -0.1) is 0 Å². The number of carbonyl (C=O) groups is 1. The molecule has 0 bridgehead atoms. The highest BCUT2D eigenvalue weighted by Gasteiger charge is 2.17. The first kappa shape index (κ1) is 24.5. The second-order valence-corrected chi connectivity index (χ2v) is 9.27. The van der Waals surface area contributed by atoms with Crippen molar-refractivity contribution >= 4 is 39.9 Å². The summed E-state index contributed by atoms with van der Waals surface area (Å²) in [6.45, 7) is 10.1. The molecule has 1 N–H and O–H groups in total. The zero-order chi connectivity index (χ0) is 24.9. The van der Waals surface area contributed by atoms with E-state index in [4.69, 9.17) is 4.98 Å². The maximum Gasteiger partial charge on any atom is 0.266 e. The first-order valence-electron chi connectivity index (χ1n) is 11.8. The SMILES string of the molecule is CCN(CC)c1ccc(NC(=O)CSc2nc3ccccc3c(=O)n2-c2cccc(C)c2C)cc1.